The maximum atomic E-state index is 11.8. The average Bonchev–Trinajstić information content (AvgIpc) is 2.81. The molecule has 0 saturated carbocycles. The SMILES string of the molecule is CCCCCNC(=O)c1ccc2ncoc2c1. The lowest BCUT2D eigenvalue weighted by molar-refractivity contribution is 0.0953. The highest BCUT2D eigenvalue weighted by Crippen LogP contribution is 2.14. The van der Waals surface area contributed by atoms with Gasteiger partial charge in [-0.05, 0) is 24.6 Å². The zero-order chi connectivity index (χ0) is 12.1. The number of nitrogens with zero attached hydrogens (tertiary/aromatic N) is 1. The van der Waals surface area contributed by atoms with Crippen LogP contribution in [0.5, 0.6) is 0 Å². The molecule has 1 heterocycles. The van der Waals surface area contributed by atoms with Crippen molar-refractivity contribution >= 4 is 17.0 Å². The zero-order valence-electron chi connectivity index (χ0n) is 9.90. The molecule has 0 aliphatic carbocycles. The van der Waals surface area contributed by atoms with Gasteiger partial charge in [-0.15, -0.1) is 0 Å². The molecule has 4 heteroatoms. The molecule has 0 spiro atoms. The number of hydrogen-bond acceptors (Lipinski definition) is 3. The first-order valence-corrected chi connectivity index (χ1v) is 5.92. The summed E-state index contributed by atoms with van der Waals surface area (Å²) in [6.45, 7) is 2.86. The summed E-state index contributed by atoms with van der Waals surface area (Å²) in [7, 11) is 0. The lowest BCUT2D eigenvalue weighted by Crippen LogP contribution is -2.24. The van der Waals surface area contributed by atoms with E-state index in [1.807, 2.05) is 0 Å². The van der Waals surface area contributed by atoms with Crippen LogP contribution in [0.15, 0.2) is 29.0 Å². The molecule has 0 fully saturated rings. The van der Waals surface area contributed by atoms with E-state index in [-0.39, 0.29) is 5.91 Å². The largest absolute Gasteiger partial charge is 0.443 e. The van der Waals surface area contributed by atoms with Gasteiger partial charge in [-0.2, -0.15) is 0 Å². The van der Waals surface area contributed by atoms with Crippen LogP contribution in [-0.2, 0) is 0 Å². The first-order valence-electron chi connectivity index (χ1n) is 5.92. The molecule has 0 bridgehead atoms. The summed E-state index contributed by atoms with van der Waals surface area (Å²) in [5.41, 5.74) is 2.03. The van der Waals surface area contributed by atoms with Gasteiger partial charge in [-0.1, -0.05) is 19.8 Å². The number of fused-ring (bicyclic) bond motifs is 1. The van der Waals surface area contributed by atoms with Gasteiger partial charge in [0.15, 0.2) is 12.0 Å². The Balaban J connectivity index is 1.98. The van der Waals surface area contributed by atoms with Crippen molar-refractivity contribution < 1.29 is 9.21 Å². The van der Waals surface area contributed by atoms with Crippen molar-refractivity contribution in [3.05, 3.63) is 30.2 Å². The van der Waals surface area contributed by atoms with E-state index in [9.17, 15) is 4.79 Å². The molecule has 17 heavy (non-hydrogen) atoms. The molecule has 4 nitrogen and oxygen atoms in total. The minimum absolute atomic E-state index is 0.0561. The van der Waals surface area contributed by atoms with E-state index in [1.165, 1.54) is 6.39 Å². The number of nitrogens with one attached hydrogen (secondary N) is 1. The smallest absolute Gasteiger partial charge is 0.251 e. The number of unbranched alkanes of at least 4 members (excludes halogenated alkanes) is 2. The zero-order valence-corrected chi connectivity index (χ0v) is 9.90. The minimum Gasteiger partial charge on any atom is -0.443 e. The molecular formula is C13H16N2O2. The second kappa shape index (κ2) is 5.48. The quantitative estimate of drug-likeness (QED) is 0.806. The molecule has 1 amide bonds. The van der Waals surface area contributed by atoms with Crippen LogP contribution in [0.3, 0.4) is 0 Å². The molecule has 0 aliphatic heterocycles. The molecule has 2 rings (SSSR count). The maximum absolute atomic E-state index is 11.8. The van der Waals surface area contributed by atoms with Gasteiger partial charge >= 0.3 is 0 Å². The number of rotatable bonds is 5. The Morgan fingerprint density at radius 2 is 2.29 bits per heavy atom. The van der Waals surface area contributed by atoms with Crippen molar-refractivity contribution in [3.63, 3.8) is 0 Å². The lowest BCUT2D eigenvalue weighted by Gasteiger charge is -2.04. The first-order chi connectivity index (χ1) is 8.31. The Bertz CT molecular complexity index is 505. The molecule has 1 aromatic heterocycles. The molecule has 0 radical (unpaired) electrons. The predicted octanol–water partition coefficient (Wildman–Crippen LogP) is 2.75. The molecule has 2 aromatic rings. The number of carbonyl (C=O) groups is 1. The van der Waals surface area contributed by atoms with Gasteiger partial charge in [0.1, 0.15) is 5.52 Å². The summed E-state index contributed by atoms with van der Waals surface area (Å²) in [5, 5.41) is 2.89. The average molecular weight is 232 g/mol. The maximum Gasteiger partial charge on any atom is 0.251 e. The second-order valence-electron chi connectivity index (χ2n) is 4.00. The topological polar surface area (TPSA) is 55.1 Å². The monoisotopic (exact) mass is 232 g/mol. The van der Waals surface area contributed by atoms with Gasteiger partial charge in [0.2, 0.25) is 0 Å². The number of hydrogen-bond donors (Lipinski definition) is 1. The van der Waals surface area contributed by atoms with Crippen molar-refractivity contribution in [3.8, 4) is 0 Å². The normalized spacial score (nSPS) is 10.6. The third-order valence-corrected chi connectivity index (χ3v) is 2.66. The van der Waals surface area contributed by atoms with E-state index in [2.05, 4.69) is 17.2 Å². The fourth-order valence-electron chi connectivity index (χ4n) is 1.68. The summed E-state index contributed by atoms with van der Waals surface area (Å²) in [4.78, 5) is 15.8. The van der Waals surface area contributed by atoms with Gasteiger partial charge in [0, 0.05) is 12.1 Å². The fourth-order valence-corrected chi connectivity index (χ4v) is 1.68. The Hall–Kier alpha value is -1.84. The molecule has 1 N–H and O–H groups in total. The number of benzene rings is 1. The van der Waals surface area contributed by atoms with E-state index >= 15 is 0 Å². The third kappa shape index (κ3) is 2.84. The first kappa shape index (κ1) is 11.6. The van der Waals surface area contributed by atoms with Crippen LogP contribution < -0.4 is 5.32 Å². The highest BCUT2D eigenvalue weighted by Gasteiger charge is 2.07. The Kier molecular flexibility index (Phi) is 3.75. The fraction of sp³-hybridized carbons (Fsp3) is 0.385. The molecule has 0 unspecified atom stereocenters. The van der Waals surface area contributed by atoms with Crippen LogP contribution in [0.2, 0.25) is 0 Å². The van der Waals surface area contributed by atoms with Gasteiger partial charge in [0.05, 0.1) is 0 Å². The summed E-state index contributed by atoms with van der Waals surface area (Å²) >= 11 is 0. The van der Waals surface area contributed by atoms with Crippen LogP contribution in [0.1, 0.15) is 36.5 Å². The van der Waals surface area contributed by atoms with Crippen molar-refractivity contribution in [2.24, 2.45) is 0 Å². The van der Waals surface area contributed by atoms with Crippen LogP contribution in [-0.4, -0.2) is 17.4 Å². The molecule has 90 valence electrons. The van der Waals surface area contributed by atoms with Crippen molar-refractivity contribution in [1.82, 2.24) is 10.3 Å². The summed E-state index contributed by atoms with van der Waals surface area (Å²) in [6.07, 6.45) is 4.70. The van der Waals surface area contributed by atoms with Crippen molar-refractivity contribution in [1.29, 1.82) is 0 Å². The van der Waals surface area contributed by atoms with Crippen LogP contribution in [0.25, 0.3) is 11.1 Å². The lowest BCUT2D eigenvalue weighted by atomic mass is 10.2. The van der Waals surface area contributed by atoms with E-state index in [4.69, 9.17) is 4.42 Å². The number of oxazole rings is 1. The van der Waals surface area contributed by atoms with E-state index in [0.29, 0.717) is 11.1 Å². The highest BCUT2D eigenvalue weighted by molar-refractivity contribution is 5.96. The number of carbonyl (C=O) groups excluding carboxylic acids is 1. The van der Waals surface area contributed by atoms with Gasteiger partial charge < -0.3 is 9.73 Å². The van der Waals surface area contributed by atoms with Crippen molar-refractivity contribution in [2.75, 3.05) is 6.54 Å². The predicted molar refractivity (Wildman–Crippen MR) is 65.9 cm³/mol. The van der Waals surface area contributed by atoms with Crippen LogP contribution >= 0.6 is 0 Å². The highest BCUT2D eigenvalue weighted by atomic mass is 16.3. The second-order valence-corrected chi connectivity index (χ2v) is 4.00. The molecule has 0 atom stereocenters. The molecule has 0 aliphatic rings. The Labute approximate surface area is 100 Å². The minimum atomic E-state index is -0.0561. The summed E-state index contributed by atoms with van der Waals surface area (Å²) in [6, 6.07) is 5.28. The summed E-state index contributed by atoms with van der Waals surface area (Å²) in [5.74, 6) is -0.0561. The van der Waals surface area contributed by atoms with Gasteiger partial charge in [-0.25, -0.2) is 4.98 Å². The molecule has 0 saturated heterocycles. The van der Waals surface area contributed by atoms with Crippen LogP contribution in [0, 0.1) is 0 Å². The van der Waals surface area contributed by atoms with Gasteiger partial charge in [0.25, 0.3) is 5.91 Å². The summed E-state index contributed by atoms with van der Waals surface area (Å²) < 4.78 is 5.16. The Morgan fingerprint density at radius 3 is 3.12 bits per heavy atom. The van der Waals surface area contributed by atoms with Crippen molar-refractivity contribution in [2.45, 2.75) is 26.2 Å². The van der Waals surface area contributed by atoms with Crippen LogP contribution in [0.4, 0.5) is 0 Å². The number of amides is 1. The van der Waals surface area contributed by atoms with Gasteiger partial charge in [-0.3, -0.25) is 4.79 Å². The molecular weight excluding hydrogens is 216 g/mol. The third-order valence-electron chi connectivity index (χ3n) is 2.66. The standard InChI is InChI=1S/C13H16N2O2/c1-2-3-4-7-14-13(16)10-5-6-11-12(8-10)17-9-15-11/h5-6,8-9H,2-4,7H2,1H3,(H,14,16). The Morgan fingerprint density at radius 1 is 1.41 bits per heavy atom. The van der Waals surface area contributed by atoms with E-state index < -0.39 is 0 Å². The number of aromatic nitrogens is 1. The van der Waals surface area contributed by atoms with E-state index in [0.717, 1.165) is 31.3 Å². The van der Waals surface area contributed by atoms with E-state index in [1.54, 1.807) is 18.2 Å². The molecule has 1 aromatic carbocycles.